The number of benzene rings is 1. The Hall–Kier alpha value is -2.04. The van der Waals surface area contributed by atoms with Crippen molar-refractivity contribution in [3.05, 3.63) is 23.8 Å². The average Bonchev–Trinajstić information content (AvgIpc) is 2.44. The molecule has 1 atom stereocenters. The fourth-order valence-corrected chi connectivity index (χ4v) is 2.09. The van der Waals surface area contributed by atoms with Crippen LogP contribution < -0.4 is 9.64 Å². The van der Waals surface area contributed by atoms with Crippen LogP contribution in [0.15, 0.2) is 18.2 Å². The van der Waals surface area contributed by atoms with Crippen LogP contribution in [0.25, 0.3) is 0 Å². The van der Waals surface area contributed by atoms with Crippen LogP contribution in [-0.4, -0.2) is 30.1 Å². The molecule has 0 aliphatic carbocycles. The molecule has 102 valence electrons. The van der Waals surface area contributed by atoms with Crippen molar-refractivity contribution in [1.29, 1.82) is 0 Å². The third kappa shape index (κ3) is 2.41. The Labute approximate surface area is 111 Å². The molecule has 5 nitrogen and oxygen atoms in total. The molecule has 0 fully saturated rings. The summed E-state index contributed by atoms with van der Waals surface area (Å²) >= 11 is 0. The van der Waals surface area contributed by atoms with E-state index in [1.165, 1.54) is 6.07 Å². The van der Waals surface area contributed by atoms with Crippen molar-refractivity contribution >= 4 is 17.6 Å². The molecule has 0 bridgehead atoms. The Morgan fingerprint density at radius 2 is 2.21 bits per heavy atom. The summed E-state index contributed by atoms with van der Waals surface area (Å²) in [5.41, 5.74) is 0.649. The first-order valence-corrected chi connectivity index (χ1v) is 6.36. The summed E-state index contributed by atoms with van der Waals surface area (Å²) in [6.45, 7) is 4.61. The monoisotopic (exact) mass is 263 g/mol. The van der Waals surface area contributed by atoms with Gasteiger partial charge in [0.2, 0.25) is 5.91 Å². The van der Waals surface area contributed by atoms with Crippen LogP contribution in [0.5, 0.6) is 5.75 Å². The molecular weight excluding hydrogens is 246 g/mol. The molecule has 0 aromatic heterocycles. The Balaban J connectivity index is 2.43. The number of ether oxygens (including phenoxy) is 1. The maximum Gasteiger partial charge on any atom is 0.339 e. The highest BCUT2D eigenvalue weighted by atomic mass is 16.5. The standard InChI is InChI=1S/C14H17NO4/c1-3-9(2)13(16)15-7-8-19-12-10(14(17)18)5-4-6-11(12)15/h4-6,9H,3,7-8H2,1-2H3,(H,17,18). The van der Waals surface area contributed by atoms with E-state index in [9.17, 15) is 9.59 Å². The molecule has 5 heteroatoms. The minimum Gasteiger partial charge on any atom is -0.489 e. The van der Waals surface area contributed by atoms with Gasteiger partial charge in [0.05, 0.1) is 12.2 Å². The molecule has 1 aromatic carbocycles. The third-order valence-electron chi connectivity index (χ3n) is 3.38. The Bertz CT molecular complexity index is 512. The van der Waals surface area contributed by atoms with E-state index in [-0.39, 0.29) is 23.1 Å². The maximum absolute atomic E-state index is 12.3. The molecule has 19 heavy (non-hydrogen) atoms. The summed E-state index contributed by atoms with van der Waals surface area (Å²) in [4.78, 5) is 25.1. The fraction of sp³-hybridized carbons (Fsp3) is 0.429. The zero-order valence-electron chi connectivity index (χ0n) is 11.0. The van der Waals surface area contributed by atoms with Gasteiger partial charge in [-0.2, -0.15) is 0 Å². The molecule has 0 spiro atoms. The molecule has 0 saturated heterocycles. The van der Waals surface area contributed by atoms with Crippen LogP contribution in [0.3, 0.4) is 0 Å². The zero-order valence-corrected chi connectivity index (χ0v) is 11.0. The van der Waals surface area contributed by atoms with E-state index in [0.717, 1.165) is 6.42 Å². The topological polar surface area (TPSA) is 66.8 Å². The van der Waals surface area contributed by atoms with E-state index in [0.29, 0.717) is 18.8 Å². The molecule has 1 aliphatic heterocycles. The van der Waals surface area contributed by atoms with Gasteiger partial charge in [-0.15, -0.1) is 0 Å². The molecule has 1 N–H and O–H groups in total. The number of anilines is 1. The molecule has 1 amide bonds. The summed E-state index contributed by atoms with van der Waals surface area (Å²) in [6.07, 6.45) is 0.754. The number of carboxylic acid groups (broad SMARTS) is 1. The van der Waals surface area contributed by atoms with E-state index in [1.807, 2.05) is 13.8 Å². The third-order valence-corrected chi connectivity index (χ3v) is 3.38. The summed E-state index contributed by atoms with van der Waals surface area (Å²) < 4.78 is 5.43. The molecule has 1 heterocycles. The van der Waals surface area contributed by atoms with Crippen LogP contribution in [0.2, 0.25) is 0 Å². The van der Waals surface area contributed by atoms with Gasteiger partial charge in [-0.3, -0.25) is 4.79 Å². The van der Waals surface area contributed by atoms with Crippen molar-refractivity contribution in [2.45, 2.75) is 20.3 Å². The summed E-state index contributed by atoms with van der Waals surface area (Å²) in [7, 11) is 0. The SMILES string of the molecule is CCC(C)C(=O)N1CCOc2c(C(=O)O)cccc21. The molecule has 0 radical (unpaired) electrons. The molecule has 1 aromatic rings. The normalized spacial score (nSPS) is 15.4. The van der Waals surface area contributed by atoms with E-state index in [1.54, 1.807) is 17.0 Å². The van der Waals surface area contributed by atoms with Gasteiger partial charge in [0.25, 0.3) is 0 Å². The highest BCUT2D eigenvalue weighted by molar-refractivity contribution is 6.00. The number of hydrogen-bond acceptors (Lipinski definition) is 3. The largest absolute Gasteiger partial charge is 0.489 e. The number of rotatable bonds is 3. The Kier molecular flexibility index (Phi) is 3.74. The molecule has 1 aliphatic rings. The Morgan fingerprint density at radius 1 is 1.47 bits per heavy atom. The predicted octanol–water partition coefficient (Wildman–Crippen LogP) is 2.16. The second kappa shape index (κ2) is 5.30. The van der Waals surface area contributed by atoms with Crippen molar-refractivity contribution in [3.63, 3.8) is 0 Å². The molecule has 2 rings (SSSR count). The van der Waals surface area contributed by atoms with Gasteiger partial charge in [-0.05, 0) is 18.6 Å². The lowest BCUT2D eigenvalue weighted by Gasteiger charge is -2.31. The maximum atomic E-state index is 12.3. The van der Waals surface area contributed by atoms with Gasteiger partial charge in [0, 0.05) is 5.92 Å². The number of para-hydroxylation sites is 1. The second-order valence-corrected chi connectivity index (χ2v) is 4.61. The second-order valence-electron chi connectivity index (χ2n) is 4.61. The number of hydrogen-bond donors (Lipinski definition) is 1. The quantitative estimate of drug-likeness (QED) is 0.907. The first kappa shape index (κ1) is 13.4. The minimum absolute atomic E-state index is 0.00888. The van der Waals surface area contributed by atoms with Gasteiger partial charge < -0.3 is 14.7 Å². The summed E-state index contributed by atoms with van der Waals surface area (Å²) in [5, 5.41) is 9.14. The average molecular weight is 263 g/mol. The number of carbonyl (C=O) groups excluding carboxylic acids is 1. The van der Waals surface area contributed by atoms with Crippen molar-refractivity contribution in [3.8, 4) is 5.75 Å². The van der Waals surface area contributed by atoms with Crippen LogP contribution >= 0.6 is 0 Å². The van der Waals surface area contributed by atoms with E-state index >= 15 is 0 Å². The lowest BCUT2D eigenvalue weighted by molar-refractivity contribution is -0.122. The van der Waals surface area contributed by atoms with Gasteiger partial charge in [0.15, 0.2) is 5.75 Å². The van der Waals surface area contributed by atoms with Crippen molar-refractivity contribution in [2.75, 3.05) is 18.1 Å². The zero-order chi connectivity index (χ0) is 14.0. The van der Waals surface area contributed by atoms with E-state index < -0.39 is 5.97 Å². The van der Waals surface area contributed by atoms with Crippen LogP contribution in [0.1, 0.15) is 30.6 Å². The smallest absolute Gasteiger partial charge is 0.339 e. The molecule has 0 saturated carbocycles. The number of nitrogens with zero attached hydrogens (tertiary/aromatic N) is 1. The van der Waals surface area contributed by atoms with Crippen molar-refractivity contribution in [2.24, 2.45) is 5.92 Å². The number of amides is 1. The minimum atomic E-state index is -1.05. The highest BCUT2D eigenvalue weighted by Crippen LogP contribution is 2.35. The van der Waals surface area contributed by atoms with Crippen molar-refractivity contribution < 1.29 is 19.4 Å². The number of aromatic carboxylic acids is 1. The van der Waals surface area contributed by atoms with Gasteiger partial charge in [-0.1, -0.05) is 19.9 Å². The predicted molar refractivity (Wildman–Crippen MR) is 70.7 cm³/mol. The lowest BCUT2D eigenvalue weighted by atomic mass is 10.1. The highest BCUT2D eigenvalue weighted by Gasteiger charge is 2.29. The molecule has 1 unspecified atom stereocenters. The number of carboxylic acids is 1. The van der Waals surface area contributed by atoms with E-state index in [2.05, 4.69) is 0 Å². The summed E-state index contributed by atoms with van der Waals surface area (Å²) in [6, 6.07) is 4.84. The van der Waals surface area contributed by atoms with E-state index in [4.69, 9.17) is 9.84 Å². The number of fused-ring (bicyclic) bond motifs is 1. The van der Waals surface area contributed by atoms with Crippen LogP contribution in [0.4, 0.5) is 5.69 Å². The number of carbonyl (C=O) groups is 2. The van der Waals surface area contributed by atoms with Gasteiger partial charge in [-0.25, -0.2) is 4.79 Å². The Morgan fingerprint density at radius 3 is 2.84 bits per heavy atom. The first-order chi connectivity index (χ1) is 9.06. The van der Waals surface area contributed by atoms with Crippen LogP contribution in [0, 0.1) is 5.92 Å². The first-order valence-electron chi connectivity index (χ1n) is 6.36. The van der Waals surface area contributed by atoms with Crippen LogP contribution in [-0.2, 0) is 4.79 Å². The summed E-state index contributed by atoms with van der Waals surface area (Å²) in [5.74, 6) is -0.832. The van der Waals surface area contributed by atoms with Gasteiger partial charge >= 0.3 is 5.97 Å². The van der Waals surface area contributed by atoms with Gasteiger partial charge in [0.1, 0.15) is 12.2 Å². The molecular formula is C14H17NO4. The fourth-order valence-electron chi connectivity index (χ4n) is 2.09. The van der Waals surface area contributed by atoms with Crippen molar-refractivity contribution in [1.82, 2.24) is 0 Å². The lowest BCUT2D eigenvalue weighted by Crippen LogP contribution is -2.41.